The maximum atomic E-state index is 13.9. The lowest BCUT2D eigenvalue weighted by molar-refractivity contribution is -0.125. The number of rotatable bonds is 5. The van der Waals surface area contributed by atoms with E-state index >= 15 is 0 Å². The summed E-state index contributed by atoms with van der Waals surface area (Å²) in [7, 11) is 0. The van der Waals surface area contributed by atoms with Crippen molar-refractivity contribution in [1.29, 1.82) is 0 Å². The minimum absolute atomic E-state index is 0.187. The monoisotopic (exact) mass is 420 g/mol. The SMILES string of the molecule is O=C(NCc1ccccc1)[C@H]1CN(C(=O)c2ccc(F)cc2)C[C@@H]1c1cccc(F)c1. The van der Waals surface area contributed by atoms with Crippen LogP contribution in [0.3, 0.4) is 0 Å². The number of nitrogens with zero attached hydrogens (tertiary/aromatic N) is 1. The van der Waals surface area contributed by atoms with Gasteiger partial charge >= 0.3 is 0 Å². The molecule has 1 aliphatic heterocycles. The molecule has 4 rings (SSSR count). The van der Waals surface area contributed by atoms with Gasteiger partial charge in [0, 0.05) is 31.1 Å². The minimum Gasteiger partial charge on any atom is -0.352 e. The molecule has 1 aliphatic rings. The van der Waals surface area contributed by atoms with Crippen LogP contribution in [-0.2, 0) is 11.3 Å². The number of nitrogens with one attached hydrogen (secondary N) is 1. The lowest BCUT2D eigenvalue weighted by Gasteiger charge is -2.18. The van der Waals surface area contributed by atoms with E-state index in [2.05, 4.69) is 5.32 Å². The summed E-state index contributed by atoms with van der Waals surface area (Å²) >= 11 is 0. The van der Waals surface area contributed by atoms with Crippen molar-refractivity contribution in [1.82, 2.24) is 10.2 Å². The highest BCUT2D eigenvalue weighted by Crippen LogP contribution is 2.34. The number of amides is 2. The second kappa shape index (κ2) is 9.08. The summed E-state index contributed by atoms with van der Waals surface area (Å²) in [4.78, 5) is 27.6. The van der Waals surface area contributed by atoms with Crippen molar-refractivity contribution in [3.63, 3.8) is 0 Å². The van der Waals surface area contributed by atoms with Crippen molar-refractivity contribution >= 4 is 11.8 Å². The molecular weight excluding hydrogens is 398 g/mol. The summed E-state index contributed by atoms with van der Waals surface area (Å²) in [6.45, 7) is 0.860. The molecule has 0 aromatic heterocycles. The fraction of sp³-hybridized carbons (Fsp3) is 0.200. The average molecular weight is 420 g/mol. The van der Waals surface area contributed by atoms with Gasteiger partial charge in [0.05, 0.1) is 5.92 Å². The molecule has 2 atom stereocenters. The van der Waals surface area contributed by atoms with E-state index in [-0.39, 0.29) is 36.6 Å². The lowest BCUT2D eigenvalue weighted by Crippen LogP contribution is -2.35. The van der Waals surface area contributed by atoms with Gasteiger partial charge in [0.1, 0.15) is 11.6 Å². The smallest absolute Gasteiger partial charge is 0.253 e. The molecule has 1 saturated heterocycles. The van der Waals surface area contributed by atoms with Crippen LogP contribution >= 0.6 is 0 Å². The Hall–Kier alpha value is -3.54. The quantitative estimate of drug-likeness (QED) is 0.675. The molecular formula is C25H22F2N2O2. The van der Waals surface area contributed by atoms with Gasteiger partial charge in [-0.2, -0.15) is 0 Å². The predicted molar refractivity (Wildman–Crippen MR) is 113 cm³/mol. The molecule has 4 nitrogen and oxygen atoms in total. The maximum Gasteiger partial charge on any atom is 0.253 e. The maximum absolute atomic E-state index is 13.9. The van der Waals surface area contributed by atoms with E-state index in [9.17, 15) is 18.4 Å². The number of hydrogen-bond donors (Lipinski definition) is 1. The molecule has 6 heteroatoms. The minimum atomic E-state index is -0.519. The second-order valence-corrected chi connectivity index (χ2v) is 7.69. The molecule has 0 unspecified atom stereocenters. The Bertz CT molecular complexity index is 1070. The van der Waals surface area contributed by atoms with Gasteiger partial charge in [0.2, 0.25) is 5.91 Å². The fourth-order valence-electron chi connectivity index (χ4n) is 4.00. The van der Waals surface area contributed by atoms with Crippen LogP contribution in [0.2, 0.25) is 0 Å². The number of hydrogen-bond acceptors (Lipinski definition) is 2. The molecule has 2 amide bonds. The second-order valence-electron chi connectivity index (χ2n) is 7.69. The van der Waals surface area contributed by atoms with Gasteiger partial charge in [-0.3, -0.25) is 9.59 Å². The Labute approximate surface area is 179 Å². The third kappa shape index (κ3) is 4.79. The van der Waals surface area contributed by atoms with Crippen molar-refractivity contribution in [2.45, 2.75) is 12.5 Å². The summed E-state index contributed by atoms with van der Waals surface area (Å²) < 4.78 is 27.1. The zero-order valence-electron chi connectivity index (χ0n) is 16.8. The Morgan fingerprint density at radius 1 is 0.871 bits per heavy atom. The molecule has 3 aromatic carbocycles. The number of benzene rings is 3. The summed E-state index contributed by atoms with van der Waals surface area (Å²) in [5, 5.41) is 2.94. The zero-order chi connectivity index (χ0) is 21.8. The van der Waals surface area contributed by atoms with Crippen molar-refractivity contribution in [2.24, 2.45) is 5.92 Å². The third-order valence-electron chi connectivity index (χ3n) is 5.62. The van der Waals surface area contributed by atoms with E-state index < -0.39 is 11.7 Å². The van der Waals surface area contributed by atoms with Crippen LogP contribution in [0.4, 0.5) is 8.78 Å². The first-order valence-corrected chi connectivity index (χ1v) is 10.1. The standard InChI is InChI=1S/C25H22F2N2O2/c26-20-11-9-18(10-12-20)25(31)29-15-22(19-7-4-8-21(27)13-19)23(16-29)24(30)28-14-17-5-2-1-3-6-17/h1-13,22-23H,14-16H2,(H,28,30)/t22-,23+/m1/s1. The van der Waals surface area contributed by atoms with Crippen LogP contribution in [0.1, 0.15) is 27.4 Å². The molecule has 3 aromatic rings. The molecule has 158 valence electrons. The predicted octanol–water partition coefficient (Wildman–Crippen LogP) is 4.14. The Morgan fingerprint density at radius 3 is 2.32 bits per heavy atom. The number of carbonyl (C=O) groups excluding carboxylic acids is 2. The number of carbonyl (C=O) groups is 2. The van der Waals surface area contributed by atoms with E-state index in [4.69, 9.17) is 0 Å². The molecule has 0 radical (unpaired) electrons. The molecule has 1 N–H and O–H groups in total. The van der Waals surface area contributed by atoms with Crippen molar-refractivity contribution in [3.8, 4) is 0 Å². The normalized spacial score (nSPS) is 18.1. The van der Waals surface area contributed by atoms with Crippen LogP contribution in [0, 0.1) is 17.6 Å². The Balaban J connectivity index is 1.55. The van der Waals surface area contributed by atoms with Gasteiger partial charge in [-0.1, -0.05) is 42.5 Å². The van der Waals surface area contributed by atoms with Gasteiger partial charge in [-0.05, 0) is 47.5 Å². The number of likely N-dealkylation sites (tertiary alicyclic amines) is 1. The molecule has 1 heterocycles. The molecule has 0 aliphatic carbocycles. The van der Waals surface area contributed by atoms with Crippen molar-refractivity contribution in [2.75, 3.05) is 13.1 Å². The van der Waals surface area contributed by atoms with Crippen molar-refractivity contribution < 1.29 is 18.4 Å². The molecule has 0 bridgehead atoms. The Morgan fingerprint density at radius 2 is 1.61 bits per heavy atom. The fourth-order valence-corrected chi connectivity index (χ4v) is 4.00. The van der Waals surface area contributed by atoms with Gasteiger partial charge in [-0.15, -0.1) is 0 Å². The zero-order valence-corrected chi connectivity index (χ0v) is 16.8. The van der Waals surface area contributed by atoms with Gasteiger partial charge < -0.3 is 10.2 Å². The van der Waals surface area contributed by atoms with Gasteiger partial charge in [0.25, 0.3) is 5.91 Å². The first-order chi connectivity index (χ1) is 15.0. The summed E-state index contributed by atoms with van der Waals surface area (Å²) in [5.74, 6) is -2.13. The van der Waals surface area contributed by atoms with E-state index in [1.807, 2.05) is 30.3 Å². The molecule has 1 fully saturated rings. The first kappa shape index (κ1) is 20.7. The highest BCUT2D eigenvalue weighted by Gasteiger charge is 2.40. The van der Waals surface area contributed by atoms with Crippen LogP contribution in [0.15, 0.2) is 78.9 Å². The summed E-state index contributed by atoms with van der Waals surface area (Å²) in [5.41, 5.74) is 1.99. The molecule has 31 heavy (non-hydrogen) atoms. The topological polar surface area (TPSA) is 49.4 Å². The average Bonchev–Trinajstić information content (AvgIpc) is 3.24. The first-order valence-electron chi connectivity index (χ1n) is 10.1. The third-order valence-corrected chi connectivity index (χ3v) is 5.62. The summed E-state index contributed by atoms with van der Waals surface area (Å²) in [6, 6.07) is 21.0. The van der Waals surface area contributed by atoms with E-state index in [0.29, 0.717) is 17.7 Å². The van der Waals surface area contributed by atoms with Crippen molar-refractivity contribution in [3.05, 3.63) is 107 Å². The van der Waals surface area contributed by atoms with Gasteiger partial charge in [-0.25, -0.2) is 8.78 Å². The number of halogens is 2. The van der Waals surface area contributed by atoms with E-state index in [1.165, 1.54) is 36.4 Å². The van der Waals surface area contributed by atoms with Crippen LogP contribution in [0.5, 0.6) is 0 Å². The van der Waals surface area contributed by atoms with Crippen LogP contribution < -0.4 is 5.32 Å². The largest absolute Gasteiger partial charge is 0.352 e. The van der Waals surface area contributed by atoms with E-state index in [0.717, 1.165) is 5.56 Å². The summed E-state index contributed by atoms with van der Waals surface area (Å²) in [6.07, 6.45) is 0. The highest BCUT2D eigenvalue weighted by molar-refractivity contribution is 5.95. The van der Waals surface area contributed by atoms with Crippen LogP contribution in [0.25, 0.3) is 0 Å². The molecule has 0 saturated carbocycles. The van der Waals surface area contributed by atoms with Gasteiger partial charge in [0.15, 0.2) is 0 Å². The Kier molecular flexibility index (Phi) is 6.07. The van der Waals surface area contributed by atoms with Crippen LogP contribution in [-0.4, -0.2) is 29.8 Å². The van der Waals surface area contributed by atoms with E-state index in [1.54, 1.807) is 17.0 Å². The lowest BCUT2D eigenvalue weighted by atomic mass is 9.88. The molecule has 0 spiro atoms. The highest BCUT2D eigenvalue weighted by atomic mass is 19.1.